The van der Waals surface area contributed by atoms with Crippen molar-refractivity contribution >= 4 is 21.6 Å². The summed E-state index contributed by atoms with van der Waals surface area (Å²) in [6.45, 7) is 4.60. The summed E-state index contributed by atoms with van der Waals surface area (Å²) < 4.78 is 0.609. The van der Waals surface area contributed by atoms with Crippen LogP contribution in [0.4, 0.5) is 0 Å². The molecule has 1 aliphatic heterocycles. The predicted octanol–water partition coefficient (Wildman–Crippen LogP) is 2.76. The molecule has 0 aliphatic carbocycles. The third-order valence-corrected chi connectivity index (χ3v) is 6.43. The third kappa shape index (κ3) is 4.87. The normalized spacial score (nSPS) is 15.9. The van der Waals surface area contributed by atoms with Crippen LogP contribution in [-0.2, 0) is 13.0 Å². The van der Waals surface area contributed by atoms with Crippen molar-refractivity contribution in [2.45, 2.75) is 31.9 Å². The minimum Gasteiger partial charge on any atom is -0.506 e. The second-order valence-corrected chi connectivity index (χ2v) is 8.65. The second-order valence-electron chi connectivity index (χ2n) is 7.66. The molecule has 0 spiro atoms. The van der Waals surface area contributed by atoms with Crippen LogP contribution in [0.25, 0.3) is 10.2 Å². The number of aromatic hydroxyl groups is 1. The average Bonchev–Trinajstić information content (AvgIpc) is 3.36. The fraction of sp³-hybridized carbons (Fsp3) is 0.409. The fourth-order valence-corrected chi connectivity index (χ4v) is 4.81. The highest BCUT2D eigenvalue weighted by atomic mass is 32.1. The van der Waals surface area contributed by atoms with Gasteiger partial charge < -0.3 is 20.5 Å². The maximum atomic E-state index is 11.6. The molecular weight excluding hydrogens is 386 g/mol. The molecule has 1 aliphatic rings. The van der Waals surface area contributed by atoms with E-state index < -0.39 is 6.10 Å². The van der Waals surface area contributed by atoms with E-state index in [4.69, 9.17) is 0 Å². The molecule has 1 fully saturated rings. The Hall–Kier alpha value is -2.19. The highest BCUT2D eigenvalue weighted by Crippen LogP contribution is 2.31. The molecule has 1 aromatic heterocycles. The van der Waals surface area contributed by atoms with Crippen LogP contribution in [0.2, 0.25) is 0 Å². The smallest absolute Gasteiger partial charge is 0.305 e. The topological polar surface area (TPSA) is 88.6 Å². The van der Waals surface area contributed by atoms with E-state index in [1.54, 1.807) is 6.07 Å². The lowest BCUT2D eigenvalue weighted by atomic mass is 10.1. The Kier molecular flexibility index (Phi) is 6.30. The summed E-state index contributed by atoms with van der Waals surface area (Å²) in [4.78, 5) is 16.5. The number of nitrogens with one attached hydrogen (secondary N) is 2. The molecule has 7 heteroatoms. The maximum absolute atomic E-state index is 11.6. The quantitative estimate of drug-likeness (QED) is 0.427. The number of likely N-dealkylation sites (tertiary alicyclic amines) is 1. The van der Waals surface area contributed by atoms with E-state index in [-0.39, 0.29) is 10.6 Å². The molecule has 154 valence electrons. The van der Waals surface area contributed by atoms with E-state index in [1.807, 2.05) is 0 Å². The van der Waals surface area contributed by atoms with Gasteiger partial charge >= 0.3 is 4.87 Å². The van der Waals surface area contributed by atoms with Gasteiger partial charge in [0.05, 0.1) is 10.8 Å². The van der Waals surface area contributed by atoms with Gasteiger partial charge in [0.25, 0.3) is 0 Å². The number of hydrogen-bond donors (Lipinski definition) is 4. The van der Waals surface area contributed by atoms with E-state index >= 15 is 0 Å². The number of phenols is 1. The second kappa shape index (κ2) is 9.09. The van der Waals surface area contributed by atoms with Crippen molar-refractivity contribution < 1.29 is 10.2 Å². The van der Waals surface area contributed by atoms with Gasteiger partial charge in [0.2, 0.25) is 0 Å². The average molecular weight is 414 g/mol. The first-order valence-corrected chi connectivity index (χ1v) is 11.0. The molecule has 4 N–H and O–H groups in total. The zero-order valence-corrected chi connectivity index (χ0v) is 17.2. The number of aromatic amines is 1. The van der Waals surface area contributed by atoms with E-state index in [0.29, 0.717) is 22.3 Å². The summed E-state index contributed by atoms with van der Waals surface area (Å²) in [5.74, 6) is 0.0236. The van der Waals surface area contributed by atoms with Crippen molar-refractivity contribution in [2.75, 3.05) is 26.2 Å². The van der Waals surface area contributed by atoms with Gasteiger partial charge in [-0.05, 0) is 56.1 Å². The lowest BCUT2D eigenvalue weighted by Crippen LogP contribution is -2.23. The predicted molar refractivity (Wildman–Crippen MR) is 117 cm³/mol. The largest absolute Gasteiger partial charge is 0.506 e. The summed E-state index contributed by atoms with van der Waals surface area (Å²) in [7, 11) is 0. The Morgan fingerprint density at radius 2 is 1.83 bits per heavy atom. The number of phenolic OH excluding ortho intramolecular Hbond substituents is 1. The van der Waals surface area contributed by atoms with Crippen molar-refractivity contribution in [3.05, 3.63) is 62.8 Å². The van der Waals surface area contributed by atoms with Gasteiger partial charge in [-0.25, -0.2) is 0 Å². The van der Waals surface area contributed by atoms with Crippen LogP contribution >= 0.6 is 11.3 Å². The number of aromatic nitrogens is 1. The molecular formula is C22H27N3O3S. The van der Waals surface area contributed by atoms with Crippen LogP contribution in [0.3, 0.4) is 0 Å². The van der Waals surface area contributed by atoms with Crippen LogP contribution in [0, 0.1) is 0 Å². The molecule has 1 atom stereocenters. The van der Waals surface area contributed by atoms with E-state index in [2.05, 4.69) is 39.5 Å². The first-order chi connectivity index (χ1) is 14.1. The number of nitrogens with zero attached hydrogens (tertiary/aromatic N) is 1. The van der Waals surface area contributed by atoms with Gasteiger partial charge in [-0.2, -0.15) is 0 Å². The summed E-state index contributed by atoms with van der Waals surface area (Å²) in [5.41, 5.74) is 3.68. The molecule has 1 saturated heterocycles. The molecule has 3 aromatic rings. The lowest BCUT2D eigenvalue weighted by Gasteiger charge is -2.15. The van der Waals surface area contributed by atoms with Gasteiger partial charge in [-0.1, -0.05) is 41.7 Å². The van der Waals surface area contributed by atoms with Gasteiger partial charge in [0, 0.05) is 18.7 Å². The number of aliphatic hydroxyl groups excluding tert-OH is 1. The Morgan fingerprint density at radius 1 is 1.10 bits per heavy atom. The fourth-order valence-electron chi connectivity index (χ4n) is 3.89. The molecule has 2 aromatic carbocycles. The first kappa shape index (κ1) is 20.1. The highest BCUT2D eigenvalue weighted by molar-refractivity contribution is 7.16. The van der Waals surface area contributed by atoms with Gasteiger partial charge in [-0.3, -0.25) is 9.69 Å². The molecule has 6 nitrogen and oxygen atoms in total. The molecule has 0 radical (unpaired) electrons. The summed E-state index contributed by atoms with van der Waals surface area (Å²) in [5, 5.41) is 23.7. The Balaban J connectivity index is 1.27. The van der Waals surface area contributed by atoms with Gasteiger partial charge in [0.15, 0.2) is 0 Å². The van der Waals surface area contributed by atoms with Crippen LogP contribution in [0.5, 0.6) is 5.75 Å². The molecule has 0 saturated carbocycles. The van der Waals surface area contributed by atoms with E-state index in [9.17, 15) is 15.0 Å². The molecule has 0 unspecified atom stereocenters. The van der Waals surface area contributed by atoms with Crippen molar-refractivity contribution in [1.82, 2.24) is 15.2 Å². The Labute approximate surface area is 173 Å². The Morgan fingerprint density at radius 3 is 2.59 bits per heavy atom. The number of hydrogen-bond acceptors (Lipinski definition) is 6. The van der Waals surface area contributed by atoms with Crippen molar-refractivity contribution in [1.29, 1.82) is 0 Å². The lowest BCUT2D eigenvalue weighted by molar-refractivity contribution is 0.176. The molecule has 2 heterocycles. The van der Waals surface area contributed by atoms with Crippen molar-refractivity contribution in [3.8, 4) is 5.75 Å². The highest BCUT2D eigenvalue weighted by Gasteiger charge is 2.16. The van der Waals surface area contributed by atoms with Crippen molar-refractivity contribution in [2.24, 2.45) is 0 Å². The minimum absolute atomic E-state index is 0.0236. The molecule has 0 bridgehead atoms. The van der Waals surface area contributed by atoms with Gasteiger partial charge in [-0.15, -0.1) is 0 Å². The van der Waals surface area contributed by atoms with Crippen LogP contribution in [-0.4, -0.2) is 46.3 Å². The number of aliphatic hydroxyl groups is 1. The standard InChI is InChI=1S/C22H27N3O3S/c26-18-8-7-17(21-20(18)24-22(28)29-21)19(27)13-23-10-9-15-3-5-16(6-4-15)14-25-11-1-2-12-25/h3-8,19,23,26-27H,1-2,9-14H2,(H,24,28)/t19-/m0/s1. The maximum Gasteiger partial charge on any atom is 0.305 e. The summed E-state index contributed by atoms with van der Waals surface area (Å²) in [6.07, 6.45) is 2.77. The number of fused-ring (bicyclic) bond motifs is 1. The SMILES string of the molecule is O=c1[nH]c2c(O)ccc([C@@H](O)CNCCc3ccc(CN4CCCC4)cc3)c2s1. The molecule has 0 amide bonds. The number of thiazole rings is 1. The molecule has 4 rings (SSSR count). The summed E-state index contributed by atoms with van der Waals surface area (Å²) in [6, 6.07) is 12.0. The van der Waals surface area contributed by atoms with Crippen molar-refractivity contribution in [3.63, 3.8) is 0 Å². The van der Waals surface area contributed by atoms with Gasteiger partial charge in [0.1, 0.15) is 11.3 Å². The number of H-pyrrole nitrogens is 1. The minimum atomic E-state index is -0.743. The number of rotatable bonds is 8. The monoisotopic (exact) mass is 413 g/mol. The van der Waals surface area contributed by atoms with E-state index in [0.717, 1.165) is 30.8 Å². The van der Waals surface area contributed by atoms with E-state index in [1.165, 1.54) is 43.1 Å². The third-order valence-electron chi connectivity index (χ3n) is 5.50. The Bertz CT molecular complexity index is 1010. The zero-order valence-electron chi connectivity index (χ0n) is 16.4. The van der Waals surface area contributed by atoms with Crippen LogP contribution in [0.1, 0.15) is 35.6 Å². The molecule has 29 heavy (non-hydrogen) atoms. The van der Waals surface area contributed by atoms with Crippen LogP contribution < -0.4 is 10.2 Å². The number of benzene rings is 2. The zero-order chi connectivity index (χ0) is 20.2. The van der Waals surface area contributed by atoms with Crippen LogP contribution in [0.15, 0.2) is 41.2 Å². The first-order valence-electron chi connectivity index (χ1n) is 10.1. The summed E-state index contributed by atoms with van der Waals surface area (Å²) >= 11 is 1.01.